The fourth-order valence-electron chi connectivity index (χ4n) is 1.44. The number of nitrogens with one attached hydrogen (secondary N) is 2. The Morgan fingerprint density at radius 2 is 2.24 bits per heavy atom. The SMILES string of the molecule is CS(=O)(=O)NCc1ccc2c(c1)OCC(=O)N2. The van der Waals surface area contributed by atoms with E-state index in [1.54, 1.807) is 18.2 Å². The molecule has 2 N–H and O–H groups in total. The van der Waals surface area contributed by atoms with Gasteiger partial charge >= 0.3 is 0 Å². The number of sulfonamides is 1. The second-order valence-electron chi connectivity index (χ2n) is 3.76. The Labute approximate surface area is 99.0 Å². The number of benzene rings is 1. The molecule has 7 heteroatoms. The molecule has 92 valence electrons. The molecule has 0 unspecified atom stereocenters. The highest BCUT2D eigenvalue weighted by molar-refractivity contribution is 7.88. The van der Waals surface area contributed by atoms with Crippen LogP contribution in [0.15, 0.2) is 18.2 Å². The Morgan fingerprint density at radius 3 is 2.94 bits per heavy atom. The zero-order valence-electron chi connectivity index (χ0n) is 9.19. The van der Waals surface area contributed by atoms with Crippen molar-refractivity contribution in [3.8, 4) is 5.75 Å². The Morgan fingerprint density at radius 1 is 1.47 bits per heavy atom. The number of anilines is 1. The summed E-state index contributed by atoms with van der Waals surface area (Å²) in [5, 5.41) is 2.66. The van der Waals surface area contributed by atoms with Crippen molar-refractivity contribution < 1.29 is 17.9 Å². The van der Waals surface area contributed by atoms with Crippen LogP contribution in [0.25, 0.3) is 0 Å². The van der Waals surface area contributed by atoms with Crippen LogP contribution in [-0.2, 0) is 21.4 Å². The summed E-state index contributed by atoms with van der Waals surface area (Å²) in [7, 11) is -3.21. The van der Waals surface area contributed by atoms with Gasteiger partial charge in [-0.3, -0.25) is 4.79 Å². The van der Waals surface area contributed by atoms with E-state index in [2.05, 4.69) is 10.0 Å². The van der Waals surface area contributed by atoms with Gasteiger partial charge in [-0.1, -0.05) is 6.07 Å². The molecule has 0 saturated heterocycles. The third-order valence-corrected chi connectivity index (χ3v) is 2.89. The fourth-order valence-corrected chi connectivity index (χ4v) is 1.87. The van der Waals surface area contributed by atoms with Crippen LogP contribution in [0.3, 0.4) is 0 Å². The predicted molar refractivity (Wildman–Crippen MR) is 62.3 cm³/mol. The minimum atomic E-state index is -3.21. The summed E-state index contributed by atoms with van der Waals surface area (Å²) in [6.07, 6.45) is 1.10. The summed E-state index contributed by atoms with van der Waals surface area (Å²) in [5.41, 5.74) is 1.37. The summed E-state index contributed by atoms with van der Waals surface area (Å²) in [5.74, 6) is 0.358. The highest BCUT2D eigenvalue weighted by Crippen LogP contribution is 2.28. The number of fused-ring (bicyclic) bond motifs is 1. The average molecular weight is 256 g/mol. The fraction of sp³-hybridized carbons (Fsp3) is 0.300. The Balaban J connectivity index is 2.14. The van der Waals surface area contributed by atoms with Gasteiger partial charge in [-0.15, -0.1) is 0 Å². The van der Waals surface area contributed by atoms with Crippen LogP contribution in [0.2, 0.25) is 0 Å². The second kappa shape index (κ2) is 4.34. The molecule has 1 amide bonds. The summed E-state index contributed by atoms with van der Waals surface area (Å²) >= 11 is 0. The summed E-state index contributed by atoms with van der Waals surface area (Å²) < 4.78 is 29.5. The normalized spacial score (nSPS) is 14.8. The molecule has 1 heterocycles. The summed E-state index contributed by atoms with van der Waals surface area (Å²) in [6, 6.07) is 5.12. The number of rotatable bonds is 3. The molecule has 0 fully saturated rings. The number of hydrogen-bond acceptors (Lipinski definition) is 4. The number of hydrogen-bond donors (Lipinski definition) is 2. The van der Waals surface area contributed by atoms with Gasteiger partial charge in [0, 0.05) is 6.54 Å². The molecule has 17 heavy (non-hydrogen) atoms. The van der Waals surface area contributed by atoms with Gasteiger partial charge in [0.2, 0.25) is 10.0 Å². The van der Waals surface area contributed by atoms with E-state index < -0.39 is 10.0 Å². The van der Waals surface area contributed by atoms with Crippen LogP contribution in [0.5, 0.6) is 5.75 Å². The van der Waals surface area contributed by atoms with Gasteiger partial charge in [0.15, 0.2) is 6.61 Å². The first-order chi connectivity index (χ1) is 7.94. The Bertz CT molecular complexity index is 553. The molecule has 0 saturated carbocycles. The van der Waals surface area contributed by atoms with E-state index in [4.69, 9.17) is 4.74 Å². The molecular formula is C10H12N2O4S. The van der Waals surface area contributed by atoms with Crippen molar-refractivity contribution in [2.24, 2.45) is 0 Å². The number of ether oxygens (including phenoxy) is 1. The molecule has 0 aliphatic carbocycles. The summed E-state index contributed by atoms with van der Waals surface area (Å²) in [6.45, 7) is 0.180. The van der Waals surface area contributed by atoms with Gasteiger partial charge in [-0.05, 0) is 17.7 Å². The van der Waals surface area contributed by atoms with E-state index in [1.807, 2.05) is 0 Å². The molecule has 2 rings (SSSR count). The molecule has 0 atom stereocenters. The predicted octanol–water partition coefficient (Wildman–Crippen LogP) is 0.0667. The molecule has 6 nitrogen and oxygen atoms in total. The minimum absolute atomic E-state index is 0.0179. The number of carbonyl (C=O) groups excluding carboxylic acids is 1. The lowest BCUT2D eigenvalue weighted by Crippen LogP contribution is -2.26. The highest BCUT2D eigenvalue weighted by atomic mass is 32.2. The molecular weight excluding hydrogens is 244 g/mol. The van der Waals surface area contributed by atoms with Crippen molar-refractivity contribution in [1.82, 2.24) is 4.72 Å². The van der Waals surface area contributed by atoms with Crippen LogP contribution < -0.4 is 14.8 Å². The van der Waals surface area contributed by atoms with Crippen LogP contribution >= 0.6 is 0 Å². The van der Waals surface area contributed by atoms with Crippen molar-refractivity contribution >= 4 is 21.6 Å². The van der Waals surface area contributed by atoms with Gasteiger partial charge < -0.3 is 10.1 Å². The third kappa shape index (κ3) is 3.18. The first-order valence-corrected chi connectivity index (χ1v) is 6.83. The number of carbonyl (C=O) groups is 1. The molecule has 0 radical (unpaired) electrons. The van der Waals surface area contributed by atoms with Gasteiger partial charge in [0.1, 0.15) is 5.75 Å². The minimum Gasteiger partial charge on any atom is -0.482 e. The second-order valence-corrected chi connectivity index (χ2v) is 5.59. The highest BCUT2D eigenvalue weighted by Gasteiger charge is 2.15. The lowest BCUT2D eigenvalue weighted by atomic mass is 10.2. The quantitative estimate of drug-likeness (QED) is 0.801. The molecule has 1 aromatic rings. The van der Waals surface area contributed by atoms with E-state index in [1.165, 1.54) is 0 Å². The Kier molecular flexibility index (Phi) is 3.03. The molecule has 1 aliphatic heterocycles. The van der Waals surface area contributed by atoms with E-state index >= 15 is 0 Å². The lowest BCUT2D eigenvalue weighted by Gasteiger charge is -2.18. The van der Waals surface area contributed by atoms with Gasteiger partial charge in [-0.25, -0.2) is 13.1 Å². The van der Waals surface area contributed by atoms with Crippen molar-refractivity contribution in [3.63, 3.8) is 0 Å². The topological polar surface area (TPSA) is 84.5 Å². The van der Waals surface area contributed by atoms with E-state index in [9.17, 15) is 13.2 Å². The third-order valence-electron chi connectivity index (χ3n) is 2.22. The number of amides is 1. The summed E-state index contributed by atoms with van der Waals surface area (Å²) in [4.78, 5) is 11.0. The van der Waals surface area contributed by atoms with Crippen molar-refractivity contribution in [1.29, 1.82) is 0 Å². The van der Waals surface area contributed by atoms with Crippen LogP contribution in [-0.4, -0.2) is 27.2 Å². The molecule has 1 aromatic carbocycles. The van der Waals surface area contributed by atoms with Gasteiger partial charge in [-0.2, -0.15) is 0 Å². The maximum Gasteiger partial charge on any atom is 0.262 e. The maximum absolute atomic E-state index is 11.0. The molecule has 0 bridgehead atoms. The van der Waals surface area contributed by atoms with Gasteiger partial charge in [0.05, 0.1) is 11.9 Å². The molecule has 0 aromatic heterocycles. The maximum atomic E-state index is 11.0. The lowest BCUT2D eigenvalue weighted by molar-refractivity contribution is -0.118. The van der Waals surface area contributed by atoms with E-state index in [0.717, 1.165) is 11.8 Å². The molecule has 0 spiro atoms. The Hall–Kier alpha value is -1.60. The monoisotopic (exact) mass is 256 g/mol. The van der Waals surface area contributed by atoms with Crippen molar-refractivity contribution in [3.05, 3.63) is 23.8 Å². The van der Waals surface area contributed by atoms with E-state index in [-0.39, 0.29) is 19.1 Å². The zero-order chi connectivity index (χ0) is 12.5. The zero-order valence-corrected chi connectivity index (χ0v) is 10.0. The molecule has 1 aliphatic rings. The smallest absolute Gasteiger partial charge is 0.262 e. The van der Waals surface area contributed by atoms with Crippen molar-refractivity contribution in [2.45, 2.75) is 6.54 Å². The van der Waals surface area contributed by atoms with Crippen LogP contribution in [0.1, 0.15) is 5.56 Å². The van der Waals surface area contributed by atoms with Crippen LogP contribution in [0, 0.1) is 0 Å². The van der Waals surface area contributed by atoms with E-state index in [0.29, 0.717) is 11.4 Å². The van der Waals surface area contributed by atoms with Gasteiger partial charge in [0.25, 0.3) is 5.91 Å². The van der Waals surface area contributed by atoms with Crippen molar-refractivity contribution in [2.75, 3.05) is 18.2 Å². The standard InChI is InChI=1S/C10H12N2O4S/c1-17(14,15)11-5-7-2-3-8-9(4-7)16-6-10(13)12-8/h2-4,11H,5-6H2,1H3,(H,12,13). The first-order valence-electron chi connectivity index (χ1n) is 4.94. The largest absolute Gasteiger partial charge is 0.482 e. The first kappa shape index (κ1) is 11.9. The van der Waals surface area contributed by atoms with Crippen LogP contribution in [0.4, 0.5) is 5.69 Å². The average Bonchev–Trinajstić information content (AvgIpc) is 2.25.